The Bertz CT molecular complexity index is 770. The highest BCUT2D eigenvalue weighted by Gasteiger charge is 2.18. The van der Waals surface area contributed by atoms with Crippen molar-refractivity contribution >= 4 is 18.3 Å². The van der Waals surface area contributed by atoms with Gasteiger partial charge in [-0.2, -0.15) is 0 Å². The molecule has 30 heavy (non-hydrogen) atoms. The van der Waals surface area contributed by atoms with E-state index in [0.29, 0.717) is 41.9 Å². The predicted octanol–water partition coefficient (Wildman–Crippen LogP) is 3.82. The van der Waals surface area contributed by atoms with Crippen LogP contribution in [0, 0.1) is 5.92 Å². The minimum absolute atomic E-state index is 0. The van der Waals surface area contributed by atoms with Gasteiger partial charge in [0.15, 0.2) is 11.5 Å². The molecule has 2 aromatic rings. The smallest absolute Gasteiger partial charge is 0.251 e. The third kappa shape index (κ3) is 6.54. The summed E-state index contributed by atoms with van der Waals surface area (Å²) in [7, 11) is 3.11. The van der Waals surface area contributed by atoms with Gasteiger partial charge in [-0.05, 0) is 56.0 Å². The van der Waals surface area contributed by atoms with E-state index in [4.69, 9.17) is 14.2 Å². The third-order valence-corrected chi connectivity index (χ3v) is 5.19. The zero-order valence-corrected chi connectivity index (χ0v) is 18.4. The van der Waals surface area contributed by atoms with Crippen molar-refractivity contribution in [1.82, 2.24) is 10.6 Å². The fourth-order valence-electron chi connectivity index (χ4n) is 3.55. The molecule has 1 unspecified atom stereocenters. The minimum atomic E-state index is -0.139. The average Bonchev–Trinajstić information content (AvgIpc) is 2.78. The van der Waals surface area contributed by atoms with Crippen LogP contribution in [-0.2, 0) is 6.61 Å². The Hall–Kier alpha value is -2.44. The molecule has 1 fully saturated rings. The van der Waals surface area contributed by atoms with Gasteiger partial charge in [0.05, 0.1) is 14.2 Å². The Kier molecular flexibility index (Phi) is 9.77. The molecule has 0 bridgehead atoms. The normalized spacial score (nSPS) is 15.6. The van der Waals surface area contributed by atoms with Gasteiger partial charge < -0.3 is 24.8 Å². The van der Waals surface area contributed by atoms with Gasteiger partial charge in [-0.3, -0.25) is 4.79 Å². The van der Waals surface area contributed by atoms with E-state index in [1.165, 1.54) is 12.8 Å². The van der Waals surface area contributed by atoms with Crippen LogP contribution in [0.4, 0.5) is 0 Å². The zero-order chi connectivity index (χ0) is 20.5. The lowest BCUT2D eigenvalue weighted by molar-refractivity contribution is 0.0949. The summed E-state index contributed by atoms with van der Waals surface area (Å²) in [6.07, 6.45) is 3.40. The van der Waals surface area contributed by atoms with E-state index in [1.807, 2.05) is 30.3 Å². The van der Waals surface area contributed by atoms with Gasteiger partial charge in [-0.25, -0.2) is 0 Å². The molecule has 1 atom stereocenters. The molecule has 2 N–H and O–H groups in total. The topological polar surface area (TPSA) is 68.8 Å². The van der Waals surface area contributed by atoms with Gasteiger partial charge in [0.25, 0.3) is 5.91 Å². The van der Waals surface area contributed by atoms with Gasteiger partial charge in [-0.15, -0.1) is 12.4 Å². The molecule has 1 aliphatic rings. The number of methoxy groups -OCH3 is 2. The molecule has 0 aromatic heterocycles. The van der Waals surface area contributed by atoms with Crippen LogP contribution < -0.4 is 24.8 Å². The van der Waals surface area contributed by atoms with Crippen LogP contribution in [0.15, 0.2) is 42.5 Å². The number of nitrogens with one attached hydrogen (secondary N) is 2. The number of rotatable bonds is 9. The largest absolute Gasteiger partial charge is 0.493 e. The van der Waals surface area contributed by atoms with E-state index in [1.54, 1.807) is 26.4 Å². The number of halogens is 1. The highest BCUT2D eigenvalue weighted by molar-refractivity contribution is 5.95. The highest BCUT2D eigenvalue weighted by atomic mass is 35.5. The number of hydrogen-bond donors (Lipinski definition) is 2. The predicted molar refractivity (Wildman–Crippen MR) is 120 cm³/mol. The molecular formula is C23H31ClN2O4. The highest BCUT2D eigenvalue weighted by Crippen LogP contribution is 2.39. The monoisotopic (exact) mass is 434 g/mol. The van der Waals surface area contributed by atoms with Crippen molar-refractivity contribution in [2.24, 2.45) is 5.92 Å². The molecule has 0 spiro atoms. The fourth-order valence-corrected chi connectivity index (χ4v) is 3.55. The van der Waals surface area contributed by atoms with E-state index in [9.17, 15) is 4.79 Å². The molecule has 7 heteroatoms. The van der Waals surface area contributed by atoms with Gasteiger partial charge in [0.2, 0.25) is 5.75 Å². The third-order valence-electron chi connectivity index (χ3n) is 5.19. The summed E-state index contributed by atoms with van der Waals surface area (Å²) in [5.41, 5.74) is 1.53. The van der Waals surface area contributed by atoms with Crippen molar-refractivity contribution in [2.45, 2.75) is 25.9 Å². The van der Waals surface area contributed by atoms with E-state index in [0.717, 1.165) is 25.1 Å². The van der Waals surface area contributed by atoms with Crippen molar-refractivity contribution in [3.8, 4) is 17.2 Å². The minimum Gasteiger partial charge on any atom is -0.493 e. The Morgan fingerprint density at radius 2 is 1.83 bits per heavy atom. The second kappa shape index (κ2) is 12.3. The summed E-state index contributed by atoms with van der Waals surface area (Å²) in [6, 6.07) is 13.3. The van der Waals surface area contributed by atoms with Gasteiger partial charge in [0.1, 0.15) is 6.61 Å². The standard InChI is InChI=1S/C23H30N2O4.ClH/c1-27-20-13-19(23(26)25-12-10-17-9-6-11-24-15-17)14-21(28-2)22(20)29-16-18-7-4-3-5-8-18;/h3-5,7-8,13-14,17,24H,6,9-12,15-16H2,1-2H3,(H,25,26);1H. The lowest BCUT2D eigenvalue weighted by Crippen LogP contribution is -2.33. The second-order valence-corrected chi connectivity index (χ2v) is 7.24. The molecule has 0 aliphatic carbocycles. The Labute approximate surface area is 184 Å². The summed E-state index contributed by atoms with van der Waals surface area (Å²) in [5.74, 6) is 1.93. The van der Waals surface area contributed by atoms with E-state index in [-0.39, 0.29) is 18.3 Å². The van der Waals surface area contributed by atoms with Crippen molar-refractivity contribution in [2.75, 3.05) is 33.9 Å². The van der Waals surface area contributed by atoms with Gasteiger partial charge in [-0.1, -0.05) is 30.3 Å². The number of piperidine rings is 1. The summed E-state index contributed by atoms with van der Waals surface area (Å²) in [4.78, 5) is 12.6. The summed E-state index contributed by atoms with van der Waals surface area (Å²) in [5, 5.41) is 6.41. The number of carbonyl (C=O) groups is 1. The SMILES string of the molecule is COc1cc(C(=O)NCCC2CCCNC2)cc(OC)c1OCc1ccccc1.Cl. The molecule has 0 saturated carbocycles. The van der Waals surface area contributed by atoms with Crippen molar-refractivity contribution in [3.63, 3.8) is 0 Å². The number of ether oxygens (including phenoxy) is 3. The first-order valence-electron chi connectivity index (χ1n) is 10.1. The van der Waals surface area contributed by atoms with Crippen molar-refractivity contribution in [1.29, 1.82) is 0 Å². The summed E-state index contributed by atoms with van der Waals surface area (Å²) >= 11 is 0. The van der Waals surface area contributed by atoms with E-state index in [2.05, 4.69) is 10.6 Å². The summed E-state index contributed by atoms with van der Waals surface area (Å²) in [6.45, 7) is 3.17. The first-order valence-corrected chi connectivity index (χ1v) is 10.1. The lowest BCUT2D eigenvalue weighted by atomic mass is 9.96. The van der Waals surface area contributed by atoms with Gasteiger partial charge >= 0.3 is 0 Å². The van der Waals surface area contributed by atoms with Crippen LogP contribution in [0.25, 0.3) is 0 Å². The Balaban J connectivity index is 0.00000320. The van der Waals surface area contributed by atoms with Crippen molar-refractivity contribution < 1.29 is 19.0 Å². The van der Waals surface area contributed by atoms with E-state index < -0.39 is 0 Å². The second-order valence-electron chi connectivity index (χ2n) is 7.24. The number of carbonyl (C=O) groups excluding carboxylic acids is 1. The molecule has 6 nitrogen and oxygen atoms in total. The number of amides is 1. The molecule has 0 radical (unpaired) electrons. The molecule has 164 valence electrons. The maximum atomic E-state index is 12.6. The van der Waals surface area contributed by atoms with Crippen LogP contribution in [-0.4, -0.2) is 39.8 Å². The van der Waals surface area contributed by atoms with Crippen molar-refractivity contribution in [3.05, 3.63) is 53.6 Å². The molecule has 2 aromatic carbocycles. The lowest BCUT2D eigenvalue weighted by Gasteiger charge is -2.22. The Morgan fingerprint density at radius 3 is 2.43 bits per heavy atom. The first-order chi connectivity index (χ1) is 14.2. The average molecular weight is 435 g/mol. The molecular weight excluding hydrogens is 404 g/mol. The zero-order valence-electron chi connectivity index (χ0n) is 17.6. The van der Waals surface area contributed by atoms with Crippen LogP contribution in [0.2, 0.25) is 0 Å². The van der Waals surface area contributed by atoms with Crippen LogP contribution in [0.5, 0.6) is 17.2 Å². The quantitative estimate of drug-likeness (QED) is 0.627. The molecule has 1 heterocycles. The number of benzene rings is 2. The molecule has 1 aliphatic heterocycles. The number of hydrogen-bond acceptors (Lipinski definition) is 5. The molecule has 3 rings (SSSR count). The van der Waals surface area contributed by atoms with E-state index >= 15 is 0 Å². The maximum Gasteiger partial charge on any atom is 0.251 e. The Morgan fingerprint density at radius 1 is 1.13 bits per heavy atom. The van der Waals surface area contributed by atoms with Crippen LogP contribution in [0.3, 0.4) is 0 Å². The molecule has 1 amide bonds. The maximum absolute atomic E-state index is 12.6. The first kappa shape index (κ1) is 23.8. The summed E-state index contributed by atoms with van der Waals surface area (Å²) < 4.78 is 16.9. The van der Waals surface area contributed by atoms with Crippen LogP contribution >= 0.6 is 12.4 Å². The van der Waals surface area contributed by atoms with Crippen LogP contribution in [0.1, 0.15) is 35.2 Å². The molecule has 1 saturated heterocycles. The fraction of sp³-hybridized carbons (Fsp3) is 0.435. The van der Waals surface area contributed by atoms with Gasteiger partial charge in [0, 0.05) is 12.1 Å².